The van der Waals surface area contributed by atoms with Gasteiger partial charge in [0.25, 0.3) is 0 Å². The molecule has 2 rings (SSSR count). The molecule has 96 valence electrons. The first-order chi connectivity index (χ1) is 8.76. The van der Waals surface area contributed by atoms with Gasteiger partial charge in [-0.15, -0.1) is 0 Å². The second-order valence-corrected chi connectivity index (χ2v) is 4.29. The molecule has 4 nitrogen and oxygen atoms in total. The molecule has 0 amide bonds. The second-order valence-electron chi connectivity index (χ2n) is 4.29. The van der Waals surface area contributed by atoms with E-state index in [-0.39, 0.29) is 6.04 Å². The highest BCUT2D eigenvalue weighted by atomic mass is 16.3. The molecule has 0 fully saturated rings. The van der Waals surface area contributed by atoms with Crippen molar-refractivity contribution in [3.05, 3.63) is 47.2 Å². The lowest BCUT2D eigenvalue weighted by molar-refractivity contribution is 0.551. The SMILES string of the molecule is CCNC(c1ccoc1)c1cc(C)nnc1CC. The fraction of sp³-hybridized carbons (Fsp3) is 0.429. The molecule has 2 heterocycles. The van der Waals surface area contributed by atoms with Gasteiger partial charge in [-0.1, -0.05) is 13.8 Å². The predicted molar refractivity (Wildman–Crippen MR) is 70.4 cm³/mol. The summed E-state index contributed by atoms with van der Waals surface area (Å²) in [5, 5.41) is 11.9. The van der Waals surface area contributed by atoms with E-state index in [1.165, 1.54) is 5.56 Å². The molecule has 0 aliphatic carbocycles. The van der Waals surface area contributed by atoms with E-state index in [2.05, 4.69) is 35.4 Å². The number of hydrogen-bond donors (Lipinski definition) is 1. The minimum Gasteiger partial charge on any atom is -0.472 e. The van der Waals surface area contributed by atoms with Crippen molar-refractivity contribution in [2.45, 2.75) is 33.2 Å². The molecule has 1 N–H and O–H groups in total. The van der Waals surface area contributed by atoms with Crippen LogP contribution in [0.5, 0.6) is 0 Å². The molecule has 0 saturated carbocycles. The Bertz CT molecular complexity index is 494. The Morgan fingerprint density at radius 1 is 1.33 bits per heavy atom. The summed E-state index contributed by atoms with van der Waals surface area (Å²) >= 11 is 0. The standard InChI is InChI=1S/C14H19N3O/c1-4-13-12(8-10(3)16-17-13)14(15-5-2)11-6-7-18-9-11/h6-9,14-15H,4-5H2,1-3H3. The highest BCUT2D eigenvalue weighted by Gasteiger charge is 2.18. The van der Waals surface area contributed by atoms with E-state index in [0.717, 1.165) is 29.9 Å². The normalized spacial score (nSPS) is 12.6. The van der Waals surface area contributed by atoms with Crippen LogP contribution in [0.15, 0.2) is 29.1 Å². The van der Waals surface area contributed by atoms with E-state index in [0.29, 0.717) is 0 Å². The monoisotopic (exact) mass is 245 g/mol. The van der Waals surface area contributed by atoms with Gasteiger partial charge in [0, 0.05) is 5.56 Å². The Hall–Kier alpha value is -1.68. The van der Waals surface area contributed by atoms with Crippen molar-refractivity contribution < 1.29 is 4.42 Å². The topological polar surface area (TPSA) is 51.0 Å². The summed E-state index contributed by atoms with van der Waals surface area (Å²) in [7, 11) is 0. The molecule has 2 aromatic heterocycles. The van der Waals surface area contributed by atoms with Crippen LogP contribution in [0.1, 0.15) is 42.4 Å². The van der Waals surface area contributed by atoms with Crippen molar-refractivity contribution >= 4 is 0 Å². The number of nitrogens with one attached hydrogen (secondary N) is 1. The zero-order valence-corrected chi connectivity index (χ0v) is 11.1. The summed E-state index contributed by atoms with van der Waals surface area (Å²) in [6.07, 6.45) is 4.36. The number of hydrogen-bond acceptors (Lipinski definition) is 4. The Morgan fingerprint density at radius 2 is 2.17 bits per heavy atom. The molecule has 0 saturated heterocycles. The number of furan rings is 1. The third-order valence-electron chi connectivity index (χ3n) is 2.96. The molecule has 4 heteroatoms. The van der Waals surface area contributed by atoms with Gasteiger partial charge in [-0.3, -0.25) is 0 Å². The maximum absolute atomic E-state index is 5.19. The van der Waals surface area contributed by atoms with Gasteiger partial charge in [0.2, 0.25) is 0 Å². The molecule has 18 heavy (non-hydrogen) atoms. The van der Waals surface area contributed by atoms with E-state index >= 15 is 0 Å². The largest absolute Gasteiger partial charge is 0.472 e. The lowest BCUT2D eigenvalue weighted by Gasteiger charge is -2.19. The third-order valence-corrected chi connectivity index (χ3v) is 2.96. The van der Waals surface area contributed by atoms with E-state index in [1.807, 2.05) is 13.0 Å². The van der Waals surface area contributed by atoms with E-state index < -0.39 is 0 Å². The van der Waals surface area contributed by atoms with Crippen LogP contribution in [0, 0.1) is 6.92 Å². The van der Waals surface area contributed by atoms with Gasteiger partial charge in [0.1, 0.15) is 0 Å². The molecule has 1 atom stereocenters. The Kier molecular flexibility index (Phi) is 4.10. The van der Waals surface area contributed by atoms with Crippen molar-refractivity contribution in [3.8, 4) is 0 Å². The van der Waals surface area contributed by atoms with Gasteiger partial charge in [-0.2, -0.15) is 10.2 Å². The average molecular weight is 245 g/mol. The van der Waals surface area contributed by atoms with Crippen LogP contribution in [0.3, 0.4) is 0 Å². The van der Waals surface area contributed by atoms with Crippen LogP contribution in [0.2, 0.25) is 0 Å². The molecular formula is C14H19N3O. The van der Waals surface area contributed by atoms with Gasteiger partial charge >= 0.3 is 0 Å². The van der Waals surface area contributed by atoms with Crippen LogP contribution >= 0.6 is 0 Å². The van der Waals surface area contributed by atoms with Gasteiger partial charge in [-0.25, -0.2) is 0 Å². The van der Waals surface area contributed by atoms with Crippen molar-refractivity contribution in [2.75, 3.05) is 6.54 Å². The lowest BCUT2D eigenvalue weighted by Crippen LogP contribution is -2.23. The number of nitrogens with zero attached hydrogens (tertiary/aromatic N) is 2. The molecule has 0 radical (unpaired) electrons. The van der Waals surface area contributed by atoms with Gasteiger partial charge < -0.3 is 9.73 Å². The van der Waals surface area contributed by atoms with Gasteiger partial charge in [0.15, 0.2) is 0 Å². The van der Waals surface area contributed by atoms with Crippen molar-refractivity contribution in [2.24, 2.45) is 0 Å². The maximum Gasteiger partial charge on any atom is 0.0953 e. The second kappa shape index (κ2) is 5.78. The molecule has 0 bridgehead atoms. The van der Waals surface area contributed by atoms with Crippen LogP contribution < -0.4 is 5.32 Å². The Labute approximate surface area is 107 Å². The molecule has 0 aliphatic heterocycles. The minimum atomic E-state index is 0.123. The van der Waals surface area contributed by atoms with E-state index in [4.69, 9.17) is 4.42 Å². The quantitative estimate of drug-likeness (QED) is 0.879. The lowest BCUT2D eigenvalue weighted by atomic mass is 9.98. The zero-order chi connectivity index (χ0) is 13.0. The fourth-order valence-electron chi connectivity index (χ4n) is 2.11. The molecule has 1 unspecified atom stereocenters. The Morgan fingerprint density at radius 3 is 2.78 bits per heavy atom. The maximum atomic E-state index is 5.19. The summed E-state index contributed by atoms with van der Waals surface area (Å²) < 4.78 is 5.19. The molecule has 0 aliphatic rings. The van der Waals surface area contributed by atoms with Gasteiger partial charge in [0.05, 0.1) is 30.0 Å². The highest BCUT2D eigenvalue weighted by Crippen LogP contribution is 2.25. The summed E-state index contributed by atoms with van der Waals surface area (Å²) in [5.74, 6) is 0. The first-order valence-electron chi connectivity index (χ1n) is 6.34. The smallest absolute Gasteiger partial charge is 0.0953 e. The molecule has 0 aromatic carbocycles. The number of aryl methyl sites for hydroxylation is 2. The van der Waals surface area contributed by atoms with Crippen LogP contribution in [-0.4, -0.2) is 16.7 Å². The summed E-state index contributed by atoms with van der Waals surface area (Å²) in [6.45, 7) is 7.05. The van der Waals surface area contributed by atoms with Crippen LogP contribution in [0.25, 0.3) is 0 Å². The predicted octanol–water partition coefficient (Wildman–Crippen LogP) is 2.64. The summed E-state index contributed by atoms with van der Waals surface area (Å²) in [5.41, 5.74) is 4.29. The van der Waals surface area contributed by atoms with Crippen molar-refractivity contribution in [3.63, 3.8) is 0 Å². The zero-order valence-electron chi connectivity index (χ0n) is 11.1. The number of aromatic nitrogens is 2. The minimum absolute atomic E-state index is 0.123. The summed E-state index contributed by atoms with van der Waals surface area (Å²) in [6, 6.07) is 4.22. The van der Waals surface area contributed by atoms with E-state index in [9.17, 15) is 0 Å². The Balaban J connectivity index is 2.45. The molecular weight excluding hydrogens is 226 g/mol. The molecule has 0 spiro atoms. The van der Waals surface area contributed by atoms with Crippen molar-refractivity contribution in [1.29, 1.82) is 0 Å². The van der Waals surface area contributed by atoms with Gasteiger partial charge in [-0.05, 0) is 37.6 Å². The highest BCUT2D eigenvalue weighted by molar-refractivity contribution is 5.33. The molecule has 2 aromatic rings. The van der Waals surface area contributed by atoms with Crippen molar-refractivity contribution in [1.82, 2.24) is 15.5 Å². The first kappa shape index (κ1) is 12.8. The van der Waals surface area contributed by atoms with Crippen LogP contribution in [-0.2, 0) is 6.42 Å². The van der Waals surface area contributed by atoms with E-state index in [1.54, 1.807) is 12.5 Å². The van der Waals surface area contributed by atoms with Crippen LogP contribution in [0.4, 0.5) is 0 Å². The first-order valence-corrected chi connectivity index (χ1v) is 6.34. The number of rotatable bonds is 5. The average Bonchev–Trinajstić information content (AvgIpc) is 2.89. The summed E-state index contributed by atoms with van der Waals surface area (Å²) in [4.78, 5) is 0. The fourth-order valence-corrected chi connectivity index (χ4v) is 2.11. The third kappa shape index (κ3) is 2.59.